The van der Waals surface area contributed by atoms with Crippen LogP contribution in [0.1, 0.15) is 22.8 Å². The molecule has 0 aromatic heterocycles. The molecule has 0 atom stereocenters. The topological polar surface area (TPSA) is 81.4 Å². The quantitative estimate of drug-likeness (QED) is 0.719. The van der Waals surface area contributed by atoms with Gasteiger partial charge in [0.2, 0.25) is 0 Å². The summed E-state index contributed by atoms with van der Waals surface area (Å²) in [6.45, 7) is 2.38. The molecule has 0 saturated carbocycles. The van der Waals surface area contributed by atoms with Crippen molar-refractivity contribution in [1.29, 1.82) is 0 Å². The van der Waals surface area contributed by atoms with Gasteiger partial charge in [0.05, 0.1) is 6.61 Å². The molecule has 1 rings (SSSR count). The van der Waals surface area contributed by atoms with Crippen LogP contribution in [0.4, 0.5) is 0 Å². The van der Waals surface area contributed by atoms with Crippen LogP contribution in [0.5, 0.6) is 0 Å². The van der Waals surface area contributed by atoms with Crippen LogP contribution in [0, 0.1) is 0 Å². The highest BCUT2D eigenvalue weighted by Crippen LogP contribution is 2.08. The van der Waals surface area contributed by atoms with E-state index in [-0.39, 0.29) is 12.5 Å². The van der Waals surface area contributed by atoms with Crippen LogP contribution >= 0.6 is 0 Å². The lowest BCUT2D eigenvalue weighted by Crippen LogP contribution is -2.31. The van der Waals surface area contributed by atoms with Gasteiger partial charge in [0.25, 0.3) is 5.91 Å². The SMILES string of the molecule is CCOC(=O)CNC(=O)c1ccccc1CCN. The first kappa shape index (κ1) is 14.2. The number of carbonyl (C=O) groups excluding carboxylic acids is 2. The predicted octanol–water partition coefficient (Wildman–Crippen LogP) is 0.481. The largest absolute Gasteiger partial charge is 0.465 e. The maximum absolute atomic E-state index is 11.9. The van der Waals surface area contributed by atoms with Crippen molar-refractivity contribution in [2.45, 2.75) is 13.3 Å². The number of carbonyl (C=O) groups is 2. The van der Waals surface area contributed by atoms with Crippen LogP contribution in [0.25, 0.3) is 0 Å². The Bertz CT molecular complexity index is 418. The van der Waals surface area contributed by atoms with Gasteiger partial charge in [-0.2, -0.15) is 0 Å². The smallest absolute Gasteiger partial charge is 0.325 e. The van der Waals surface area contributed by atoms with Gasteiger partial charge >= 0.3 is 5.97 Å². The lowest BCUT2D eigenvalue weighted by molar-refractivity contribution is -0.141. The molecule has 98 valence electrons. The van der Waals surface area contributed by atoms with E-state index in [2.05, 4.69) is 5.32 Å². The molecule has 0 aliphatic carbocycles. The van der Waals surface area contributed by atoms with Gasteiger partial charge in [-0.3, -0.25) is 9.59 Å². The van der Waals surface area contributed by atoms with E-state index in [1.165, 1.54) is 0 Å². The summed E-state index contributed by atoms with van der Waals surface area (Å²) in [6.07, 6.45) is 0.628. The normalized spacial score (nSPS) is 9.89. The van der Waals surface area contributed by atoms with Gasteiger partial charge in [-0.05, 0) is 31.5 Å². The summed E-state index contributed by atoms with van der Waals surface area (Å²) in [5, 5.41) is 2.53. The number of amides is 1. The van der Waals surface area contributed by atoms with Crippen molar-refractivity contribution < 1.29 is 14.3 Å². The molecule has 3 N–H and O–H groups in total. The first-order valence-corrected chi connectivity index (χ1v) is 5.90. The molecule has 0 unspecified atom stereocenters. The molecule has 18 heavy (non-hydrogen) atoms. The molecule has 1 aromatic carbocycles. The number of benzene rings is 1. The van der Waals surface area contributed by atoms with Crippen molar-refractivity contribution >= 4 is 11.9 Å². The molecule has 0 saturated heterocycles. The fourth-order valence-electron chi connectivity index (χ4n) is 1.58. The fraction of sp³-hybridized carbons (Fsp3) is 0.385. The summed E-state index contributed by atoms with van der Waals surface area (Å²) in [5.74, 6) is -0.728. The third kappa shape index (κ3) is 4.18. The number of nitrogens with one attached hydrogen (secondary N) is 1. The zero-order valence-electron chi connectivity index (χ0n) is 10.4. The second-order valence-corrected chi connectivity index (χ2v) is 3.68. The van der Waals surface area contributed by atoms with Crippen LogP contribution in [-0.2, 0) is 16.0 Å². The van der Waals surface area contributed by atoms with Gasteiger partial charge in [-0.25, -0.2) is 0 Å². The predicted molar refractivity (Wildman–Crippen MR) is 68.2 cm³/mol. The second kappa shape index (κ2) is 7.45. The van der Waals surface area contributed by atoms with Crippen LogP contribution in [0.15, 0.2) is 24.3 Å². The van der Waals surface area contributed by atoms with E-state index in [1.807, 2.05) is 12.1 Å². The van der Waals surface area contributed by atoms with Crippen molar-refractivity contribution in [3.8, 4) is 0 Å². The van der Waals surface area contributed by atoms with Gasteiger partial charge < -0.3 is 15.8 Å². The molecule has 0 spiro atoms. The molecule has 0 aliphatic heterocycles. The lowest BCUT2D eigenvalue weighted by atomic mass is 10.0. The Morgan fingerprint density at radius 2 is 2.06 bits per heavy atom. The Balaban J connectivity index is 2.63. The minimum Gasteiger partial charge on any atom is -0.465 e. The van der Waals surface area contributed by atoms with E-state index in [0.717, 1.165) is 5.56 Å². The zero-order valence-corrected chi connectivity index (χ0v) is 10.4. The summed E-state index contributed by atoms with van der Waals surface area (Å²) in [7, 11) is 0. The number of ether oxygens (including phenoxy) is 1. The first-order valence-electron chi connectivity index (χ1n) is 5.90. The van der Waals surface area contributed by atoms with Crippen molar-refractivity contribution in [3.63, 3.8) is 0 Å². The highest BCUT2D eigenvalue weighted by Gasteiger charge is 2.11. The summed E-state index contributed by atoms with van der Waals surface area (Å²) >= 11 is 0. The highest BCUT2D eigenvalue weighted by atomic mass is 16.5. The molecule has 1 amide bonds. The number of esters is 1. The second-order valence-electron chi connectivity index (χ2n) is 3.68. The van der Waals surface area contributed by atoms with E-state index < -0.39 is 5.97 Å². The molecule has 0 aliphatic rings. The number of hydrogen-bond acceptors (Lipinski definition) is 4. The molecule has 5 heteroatoms. The average Bonchev–Trinajstić information content (AvgIpc) is 2.37. The van der Waals surface area contributed by atoms with Gasteiger partial charge in [0, 0.05) is 5.56 Å². The lowest BCUT2D eigenvalue weighted by Gasteiger charge is -2.09. The summed E-state index contributed by atoms with van der Waals surface area (Å²) in [6, 6.07) is 7.20. The van der Waals surface area contributed by atoms with Crippen LogP contribution in [-0.4, -0.2) is 31.6 Å². The van der Waals surface area contributed by atoms with Crippen molar-refractivity contribution in [3.05, 3.63) is 35.4 Å². The third-order valence-corrected chi connectivity index (χ3v) is 2.37. The van der Waals surface area contributed by atoms with E-state index in [4.69, 9.17) is 10.5 Å². The molecule has 0 heterocycles. The van der Waals surface area contributed by atoms with Crippen molar-refractivity contribution in [2.24, 2.45) is 5.73 Å². The van der Waals surface area contributed by atoms with Gasteiger partial charge in [-0.1, -0.05) is 18.2 Å². The molecular weight excluding hydrogens is 232 g/mol. The molecular formula is C13H18N2O3. The van der Waals surface area contributed by atoms with Crippen molar-refractivity contribution in [2.75, 3.05) is 19.7 Å². The summed E-state index contributed by atoms with van der Waals surface area (Å²) in [5.41, 5.74) is 6.91. The van der Waals surface area contributed by atoms with Gasteiger partial charge in [0.1, 0.15) is 6.54 Å². The van der Waals surface area contributed by atoms with E-state index >= 15 is 0 Å². The Kier molecular flexibility index (Phi) is 5.87. The summed E-state index contributed by atoms with van der Waals surface area (Å²) in [4.78, 5) is 23.0. The van der Waals surface area contributed by atoms with E-state index in [1.54, 1.807) is 19.1 Å². The van der Waals surface area contributed by atoms with Crippen molar-refractivity contribution in [1.82, 2.24) is 5.32 Å². The fourth-order valence-corrected chi connectivity index (χ4v) is 1.58. The molecule has 5 nitrogen and oxygen atoms in total. The monoisotopic (exact) mass is 250 g/mol. The standard InChI is InChI=1S/C13H18N2O3/c1-2-18-12(16)9-15-13(17)11-6-4-3-5-10(11)7-8-14/h3-6H,2,7-9,14H2,1H3,(H,15,17). The Hall–Kier alpha value is -1.88. The molecule has 0 bridgehead atoms. The Labute approximate surface area is 106 Å². The maximum atomic E-state index is 11.9. The van der Waals surface area contributed by atoms with E-state index in [9.17, 15) is 9.59 Å². The van der Waals surface area contributed by atoms with E-state index in [0.29, 0.717) is 25.1 Å². The summed E-state index contributed by atoms with van der Waals surface area (Å²) < 4.78 is 4.73. The molecule has 0 fully saturated rings. The first-order chi connectivity index (χ1) is 8.69. The number of hydrogen-bond donors (Lipinski definition) is 2. The average molecular weight is 250 g/mol. The van der Waals surface area contributed by atoms with Gasteiger partial charge in [-0.15, -0.1) is 0 Å². The van der Waals surface area contributed by atoms with Crippen LogP contribution in [0.3, 0.4) is 0 Å². The Morgan fingerprint density at radius 3 is 2.72 bits per heavy atom. The zero-order chi connectivity index (χ0) is 13.4. The molecule has 1 aromatic rings. The van der Waals surface area contributed by atoms with Gasteiger partial charge in [0.15, 0.2) is 0 Å². The molecule has 0 radical (unpaired) electrons. The van der Waals surface area contributed by atoms with Crippen LogP contribution in [0.2, 0.25) is 0 Å². The number of nitrogens with two attached hydrogens (primary N) is 1. The van der Waals surface area contributed by atoms with Crippen LogP contribution < -0.4 is 11.1 Å². The third-order valence-electron chi connectivity index (χ3n) is 2.37. The highest BCUT2D eigenvalue weighted by molar-refractivity contribution is 5.97. The minimum atomic E-state index is -0.442. The maximum Gasteiger partial charge on any atom is 0.325 e. The number of rotatable bonds is 6. The minimum absolute atomic E-state index is 0.121. The Morgan fingerprint density at radius 1 is 1.33 bits per heavy atom.